The minimum atomic E-state index is -0.567. The lowest BCUT2D eigenvalue weighted by Crippen LogP contribution is -2.47. The van der Waals surface area contributed by atoms with Gasteiger partial charge >= 0.3 is 6.03 Å². The Morgan fingerprint density at radius 2 is 1.53 bits per heavy atom. The van der Waals surface area contributed by atoms with Gasteiger partial charge in [-0.2, -0.15) is 0 Å². The Morgan fingerprint density at radius 1 is 0.842 bits per heavy atom. The van der Waals surface area contributed by atoms with Gasteiger partial charge in [0.15, 0.2) is 0 Å². The number of benzene rings is 3. The van der Waals surface area contributed by atoms with E-state index in [4.69, 9.17) is 0 Å². The summed E-state index contributed by atoms with van der Waals surface area (Å²) in [6.07, 6.45) is 0. The summed E-state index contributed by atoms with van der Waals surface area (Å²) in [6.45, 7) is 4.84. The van der Waals surface area contributed by atoms with Crippen molar-refractivity contribution in [1.29, 1.82) is 0 Å². The molecule has 38 heavy (non-hydrogen) atoms. The van der Waals surface area contributed by atoms with Crippen LogP contribution in [0.1, 0.15) is 29.8 Å². The molecule has 0 atom stereocenters. The van der Waals surface area contributed by atoms with E-state index in [1.807, 2.05) is 51.1 Å². The zero-order valence-corrected chi connectivity index (χ0v) is 22.0. The second-order valence-corrected chi connectivity index (χ2v) is 9.09. The van der Waals surface area contributed by atoms with E-state index in [2.05, 4.69) is 16.0 Å². The summed E-state index contributed by atoms with van der Waals surface area (Å²) in [5, 5.41) is 8.06. The Bertz CT molecular complexity index is 1290. The standard InChI is InChI=1S/C29H33N5O4/c1-20(2)31-28(37)24-15-8-9-16-25(24)34(19-27(36)33(4)23-13-6-5-7-14-23)26(35)18-30-29(38)32-22-12-10-11-21(3)17-22/h5-17,20H,18-19H2,1-4H3,(H,31,37)(H2,30,32,38). The zero-order chi connectivity index (χ0) is 27.7. The van der Waals surface area contributed by atoms with Gasteiger partial charge in [0.25, 0.3) is 5.91 Å². The smallest absolute Gasteiger partial charge is 0.319 e. The van der Waals surface area contributed by atoms with Gasteiger partial charge in [0.1, 0.15) is 6.54 Å². The molecular weight excluding hydrogens is 482 g/mol. The third kappa shape index (κ3) is 7.67. The molecule has 0 spiro atoms. The molecule has 0 aliphatic rings. The van der Waals surface area contributed by atoms with Crippen LogP contribution < -0.4 is 25.8 Å². The summed E-state index contributed by atoms with van der Waals surface area (Å²) in [4.78, 5) is 54.7. The quantitative estimate of drug-likeness (QED) is 0.401. The van der Waals surface area contributed by atoms with Gasteiger partial charge < -0.3 is 25.8 Å². The lowest BCUT2D eigenvalue weighted by Gasteiger charge is -2.27. The van der Waals surface area contributed by atoms with Crippen molar-refractivity contribution in [3.8, 4) is 0 Å². The van der Waals surface area contributed by atoms with Crippen molar-refractivity contribution < 1.29 is 19.2 Å². The highest BCUT2D eigenvalue weighted by atomic mass is 16.2. The molecule has 3 N–H and O–H groups in total. The lowest BCUT2D eigenvalue weighted by atomic mass is 10.1. The predicted molar refractivity (Wildman–Crippen MR) is 149 cm³/mol. The molecule has 3 aromatic rings. The minimum absolute atomic E-state index is 0.127. The van der Waals surface area contributed by atoms with E-state index in [0.717, 1.165) is 5.56 Å². The number of para-hydroxylation sites is 2. The molecule has 5 amide bonds. The van der Waals surface area contributed by atoms with Crippen LogP contribution in [-0.2, 0) is 9.59 Å². The molecule has 0 saturated heterocycles. The lowest BCUT2D eigenvalue weighted by molar-refractivity contribution is -0.121. The largest absolute Gasteiger partial charge is 0.350 e. The fourth-order valence-electron chi connectivity index (χ4n) is 3.74. The Balaban J connectivity index is 1.83. The number of hydrogen-bond acceptors (Lipinski definition) is 4. The number of amides is 5. The molecule has 0 aliphatic carbocycles. The van der Waals surface area contributed by atoms with E-state index in [0.29, 0.717) is 11.4 Å². The first-order chi connectivity index (χ1) is 18.2. The molecule has 0 saturated carbocycles. The maximum Gasteiger partial charge on any atom is 0.319 e. The Hall–Kier alpha value is -4.66. The highest BCUT2D eigenvalue weighted by molar-refractivity contribution is 6.09. The Morgan fingerprint density at radius 3 is 2.21 bits per heavy atom. The second kappa shape index (κ2) is 13.0. The topological polar surface area (TPSA) is 111 Å². The van der Waals surface area contributed by atoms with Crippen LogP contribution in [0, 0.1) is 6.92 Å². The average molecular weight is 516 g/mol. The van der Waals surface area contributed by atoms with Crippen LogP contribution in [0.25, 0.3) is 0 Å². The highest BCUT2D eigenvalue weighted by Crippen LogP contribution is 2.22. The van der Waals surface area contributed by atoms with E-state index in [-0.39, 0.29) is 42.2 Å². The van der Waals surface area contributed by atoms with Crippen molar-refractivity contribution in [3.63, 3.8) is 0 Å². The number of likely N-dealkylation sites (N-methyl/N-ethyl adjacent to an activating group) is 1. The molecule has 0 bridgehead atoms. The first-order valence-corrected chi connectivity index (χ1v) is 12.3. The van der Waals surface area contributed by atoms with Crippen molar-refractivity contribution >= 4 is 40.8 Å². The molecule has 3 aromatic carbocycles. The fourth-order valence-corrected chi connectivity index (χ4v) is 3.74. The number of hydrogen-bond donors (Lipinski definition) is 3. The monoisotopic (exact) mass is 515 g/mol. The maximum absolute atomic E-state index is 13.4. The highest BCUT2D eigenvalue weighted by Gasteiger charge is 2.26. The molecule has 9 nitrogen and oxygen atoms in total. The number of carbonyl (C=O) groups is 4. The van der Waals surface area contributed by atoms with Gasteiger partial charge in [0.2, 0.25) is 11.8 Å². The Kier molecular flexibility index (Phi) is 9.59. The second-order valence-electron chi connectivity index (χ2n) is 9.09. The molecule has 0 aromatic heterocycles. The van der Waals surface area contributed by atoms with Crippen LogP contribution in [0.4, 0.5) is 21.9 Å². The van der Waals surface area contributed by atoms with Crippen LogP contribution >= 0.6 is 0 Å². The minimum Gasteiger partial charge on any atom is -0.350 e. The summed E-state index contributed by atoms with van der Waals surface area (Å²) >= 11 is 0. The summed E-state index contributed by atoms with van der Waals surface area (Å²) in [5.74, 6) is -1.29. The van der Waals surface area contributed by atoms with Crippen molar-refractivity contribution in [2.45, 2.75) is 26.8 Å². The van der Waals surface area contributed by atoms with Gasteiger partial charge in [0.05, 0.1) is 17.8 Å². The van der Waals surface area contributed by atoms with Gasteiger partial charge in [-0.3, -0.25) is 14.4 Å². The number of carbonyl (C=O) groups excluding carboxylic acids is 4. The van der Waals surface area contributed by atoms with Gasteiger partial charge in [-0.05, 0) is 62.7 Å². The van der Waals surface area contributed by atoms with Crippen LogP contribution in [0.3, 0.4) is 0 Å². The van der Waals surface area contributed by atoms with Crippen molar-refractivity contribution in [1.82, 2.24) is 10.6 Å². The van der Waals surface area contributed by atoms with Crippen LogP contribution in [0.2, 0.25) is 0 Å². The summed E-state index contributed by atoms with van der Waals surface area (Å²) in [6, 6.07) is 22.2. The molecule has 0 unspecified atom stereocenters. The fraction of sp³-hybridized carbons (Fsp3) is 0.241. The van der Waals surface area contributed by atoms with E-state index in [9.17, 15) is 19.2 Å². The molecule has 9 heteroatoms. The number of anilines is 3. The van der Waals surface area contributed by atoms with Crippen molar-refractivity contribution in [2.75, 3.05) is 35.3 Å². The normalized spacial score (nSPS) is 10.4. The molecule has 0 radical (unpaired) electrons. The summed E-state index contributed by atoms with van der Waals surface area (Å²) in [5.41, 5.74) is 2.73. The molecule has 3 rings (SSSR count). The third-order valence-corrected chi connectivity index (χ3v) is 5.65. The van der Waals surface area contributed by atoms with Gasteiger partial charge in [-0.25, -0.2) is 4.79 Å². The molecule has 0 fully saturated rings. The van der Waals surface area contributed by atoms with E-state index in [1.54, 1.807) is 55.6 Å². The molecule has 0 heterocycles. The zero-order valence-electron chi connectivity index (χ0n) is 22.0. The SMILES string of the molecule is Cc1cccc(NC(=O)NCC(=O)N(CC(=O)N(C)c2ccccc2)c2ccccc2C(=O)NC(C)C)c1. The van der Waals surface area contributed by atoms with E-state index in [1.165, 1.54) is 9.80 Å². The number of nitrogens with zero attached hydrogens (tertiary/aromatic N) is 2. The van der Waals surface area contributed by atoms with Crippen LogP contribution in [0.15, 0.2) is 78.9 Å². The van der Waals surface area contributed by atoms with Crippen molar-refractivity contribution in [2.24, 2.45) is 0 Å². The molecular formula is C29H33N5O4. The summed E-state index contributed by atoms with van der Waals surface area (Å²) in [7, 11) is 1.62. The number of urea groups is 1. The molecule has 198 valence electrons. The van der Waals surface area contributed by atoms with Crippen LogP contribution in [-0.4, -0.2) is 49.9 Å². The Labute approximate surface area is 222 Å². The predicted octanol–water partition coefficient (Wildman–Crippen LogP) is 3.95. The van der Waals surface area contributed by atoms with Gasteiger partial charge in [-0.1, -0.05) is 42.5 Å². The van der Waals surface area contributed by atoms with E-state index >= 15 is 0 Å². The number of aryl methyl sites for hydroxylation is 1. The van der Waals surface area contributed by atoms with Gasteiger partial charge in [0, 0.05) is 24.5 Å². The average Bonchev–Trinajstić information content (AvgIpc) is 2.90. The van der Waals surface area contributed by atoms with Crippen molar-refractivity contribution in [3.05, 3.63) is 90.0 Å². The molecule has 0 aliphatic heterocycles. The first-order valence-electron chi connectivity index (χ1n) is 12.3. The summed E-state index contributed by atoms with van der Waals surface area (Å²) < 4.78 is 0. The van der Waals surface area contributed by atoms with Crippen LogP contribution in [0.5, 0.6) is 0 Å². The maximum atomic E-state index is 13.4. The van der Waals surface area contributed by atoms with E-state index < -0.39 is 11.9 Å². The number of nitrogens with one attached hydrogen (secondary N) is 3. The first kappa shape index (κ1) is 27.9. The van der Waals surface area contributed by atoms with Gasteiger partial charge in [-0.15, -0.1) is 0 Å². The third-order valence-electron chi connectivity index (χ3n) is 5.65. The number of rotatable bonds is 9.